The lowest BCUT2D eigenvalue weighted by molar-refractivity contribution is -0.116. The van der Waals surface area contributed by atoms with Crippen LogP contribution in [0.2, 0.25) is 0 Å². The van der Waals surface area contributed by atoms with Crippen LogP contribution in [-0.4, -0.2) is 37.1 Å². The molecule has 36 heavy (non-hydrogen) atoms. The second-order valence-electron chi connectivity index (χ2n) is 8.75. The van der Waals surface area contributed by atoms with E-state index in [1.54, 1.807) is 18.3 Å². The number of amides is 1. The molecule has 0 bridgehead atoms. The summed E-state index contributed by atoms with van der Waals surface area (Å²) in [5, 5.41) is 16.8. The lowest BCUT2D eigenvalue weighted by Gasteiger charge is -2.29. The number of benzene rings is 2. The number of nitrogens with zero attached hydrogens (tertiary/aromatic N) is 3. The van der Waals surface area contributed by atoms with Crippen molar-refractivity contribution in [2.45, 2.75) is 25.4 Å². The van der Waals surface area contributed by atoms with Gasteiger partial charge in [0.15, 0.2) is 5.11 Å². The molecule has 3 heterocycles. The van der Waals surface area contributed by atoms with Crippen molar-refractivity contribution in [2.24, 2.45) is 0 Å². The molecule has 0 aliphatic carbocycles. The van der Waals surface area contributed by atoms with Gasteiger partial charge in [-0.1, -0.05) is 24.3 Å². The molecule has 0 saturated carbocycles. The van der Waals surface area contributed by atoms with Crippen LogP contribution in [0.15, 0.2) is 91.3 Å². The number of carbonyl (C=O) groups excluding carboxylic acids is 1. The molecule has 182 valence electrons. The van der Waals surface area contributed by atoms with Crippen molar-refractivity contribution >= 4 is 28.9 Å². The summed E-state index contributed by atoms with van der Waals surface area (Å²) in [5.74, 6) is 0.143. The highest BCUT2D eigenvalue weighted by Gasteiger charge is 2.41. The van der Waals surface area contributed by atoms with Crippen molar-refractivity contribution in [3.8, 4) is 11.4 Å². The summed E-state index contributed by atoms with van der Waals surface area (Å²) < 4.78 is 2.08. The molecule has 7 nitrogen and oxygen atoms in total. The maximum atomic E-state index is 12.9. The summed E-state index contributed by atoms with van der Waals surface area (Å²) >= 11 is 5.76. The fourth-order valence-corrected chi connectivity index (χ4v) is 4.93. The van der Waals surface area contributed by atoms with E-state index in [0.29, 0.717) is 11.7 Å². The van der Waals surface area contributed by atoms with E-state index in [9.17, 15) is 9.90 Å². The second kappa shape index (κ2) is 10.2. The molecule has 8 heteroatoms. The van der Waals surface area contributed by atoms with E-state index in [1.807, 2.05) is 73.8 Å². The Morgan fingerprint density at radius 1 is 1.06 bits per heavy atom. The molecular weight excluding hydrogens is 470 g/mol. The molecule has 1 fully saturated rings. The molecule has 2 atom stereocenters. The molecule has 1 aliphatic rings. The first-order valence-corrected chi connectivity index (χ1v) is 12.2. The number of aryl methyl sites for hydroxylation is 1. The van der Waals surface area contributed by atoms with Gasteiger partial charge in [-0.25, -0.2) is 0 Å². The minimum absolute atomic E-state index is 0.0685. The first-order chi connectivity index (χ1) is 17.5. The fourth-order valence-electron chi connectivity index (χ4n) is 4.60. The van der Waals surface area contributed by atoms with Gasteiger partial charge in [-0.05, 0) is 79.3 Å². The van der Waals surface area contributed by atoms with Gasteiger partial charge in [-0.15, -0.1) is 0 Å². The topological polar surface area (TPSA) is 82.4 Å². The predicted molar refractivity (Wildman–Crippen MR) is 144 cm³/mol. The van der Waals surface area contributed by atoms with Crippen LogP contribution in [0.1, 0.15) is 35.5 Å². The highest BCUT2D eigenvalue weighted by Crippen LogP contribution is 2.39. The number of phenolic OH excluding ortho intramolecular Hbond substituents is 1. The Hall–Kier alpha value is -4.17. The number of thiocarbonyl (C=S) groups is 1. The van der Waals surface area contributed by atoms with E-state index in [0.717, 1.165) is 28.3 Å². The highest BCUT2D eigenvalue weighted by atomic mass is 32.1. The Bertz CT molecular complexity index is 1370. The molecule has 0 spiro atoms. The second-order valence-corrected chi connectivity index (χ2v) is 9.14. The van der Waals surface area contributed by atoms with Crippen molar-refractivity contribution in [2.75, 3.05) is 11.9 Å². The van der Waals surface area contributed by atoms with Crippen molar-refractivity contribution in [1.82, 2.24) is 19.8 Å². The van der Waals surface area contributed by atoms with E-state index < -0.39 is 0 Å². The summed E-state index contributed by atoms with van der Waals surface area (Å²) in [6, 6.07) is 24.3. The summed E-state index contributed by atoms with van der Waals surface area (Å²) in [6.07, 6.45) is 4.04. The lowest BCUT2D eigenvalue weighted by Crippen LogP contribution is -2.33. The first-order valence-electron chi connectivity index (χ1n) is 11.8. The van der Waals surface area contributed by atoms with E-state index in [4.69, 9.17) is 12.2 Å². The van der Waals surface area contributed by atoms with Gasteiger partial charge in [0, 0.05) is 42.4 Å². The number of phenols is 1. The van der Waals surface area contributed by atoms with E-state index in [-0.39, 0.29) is 30.2 Å². The van der Waals surface area contributed by atoms with Gasteiger partial charge in [0.1, 0.15) is 5.75 Å². The largest absolute Gasteiger partial charge is 0.508 e. The number of para-hydroxylation sites is 1. The van der Waals surface area contributed by atoms with Gasteiger partial charge in [-0.3, -0.25) is 9.78 Å². The van der Waals surface area contributed by atoms with Gasteiger partial charge in [0.25, 0.3) is 0 Å². The molecule has 4 aromatic rings. The van der Waals surface area contributed by atoms with E-state index in [2.05, 4.69) is 31.2 Å². The van der Waals surface area contributed by atoms with Gasteiger partial charge >= 0.3 is 0 Å². The first kappa shape index (κ1) is 23.6. The summed E-state index contributed by atoms with van der Waals surface area (Å²) in [4.78, 5) is 19.5. The van der Waals surface area contributed by atoms with Gasteiger partial charge in [-0.2, -0.15) is 0 Å². The molecular formula is C28H27N5O2S. The zero-order chi connectivity index (χ0) is 25.1. The Morgan fingerprint density at radius 2 is 1.83 bits per heavy atom. The Balaban J connectivity index is 1.44. The van der Waals surface area contributed by atoms with Crippen LogP contribution in [0.4, 0.5) is 5.69 Å². The van der Waals surface area contributed by atoms with Crippen LogP contribution in [0.25, 0.3) is 5.69 Å². The number of rotatable bonds is 7. The molecule has 1 aliphatic heterocycles. The highest BCUT2D eigenvalue weighted by molar-refractivity contribution is 7.80. The zero-order valence-corrected chi connectivity index (χ0v) is 20.7. The predicted octanol–water partition coefficient (Wildman–Crippen LogP) is 4.89. The molecule has 5 rings (SSSR count). The smallest absolute Gasteiger partial charge is 0.226 e. The lowest BCUT2D eigenvalue weighted by atomic mass is 10.0. The molecule has 1 amide bonds. The number of hydrogen-bond donors (Lipinski definition) is 3. The number of aromatic hydroxyl groups is 1. The normalized spacial score (nSPS) is 17.1. The summed E-state index contributed by atoms with van der Waals surface area (Å²) in [7, 11) is 0. The molecule has 0 unspecified atom stereocenters. The molecule has 1 saturated heterocycles. The standard InChI is InChI=1S/C28H27N5O2S/c1-19-7-2-3-8-22(19)30-25(35)15-18-33-27(26(31-28(33)36)23-9-4-5-16-29-23)24-10-6-17-32(24)20-11-13-21(34)14-12-20/h2-14,16-17,26-27,34H,15,18H2,1H3,(H,30,35)(H,31,36)/t26-,27-/m0/s1. The van der Waals surface area contributed by atoms with Gasteiger partial charge in [0.05, 0.1) is 17.8 Å². The number of pyridine rings is 1. The Morgan fingerprint density at radius 3 is 2.58 bits per heavy atom. The summed E-state index contributed by atoms with van der Waals surface area (Å²) in [6.45, 7) is 2.42. The van der Waals surface area contributed by atoms with Crippen LogP contribution in [0.5, 0.6) is 5.75 Å². The number of nitrogens with one attached hydrogen (secondary N) is 2. The summed E-state index contributed by atoms with van der Waals surface area (Å²) in [5.41, 5.74) is 4.62. The van der Waals surface area contributed by atoms with Crippen LogP contribution in [0, 0.1) is 6.92 Å². The van der Waals surface area contributed by atoms with Gasteiger partial charge < -0.3 is 25.2 Å². The molecule has 0 radical (unpaired) electrons. The number of aromatic nitrogens is 2. The van der Waals surface area contributed by atoms with E-state index in [1.165, 1.54) is 0 Å². The minimum atomic E-state index is -0.192. The molecule has 3 N–H and O–H groups in total. The van der Waals surface area contributed by atoms with Crippen LogP contribution >= 0.6 is 12.2 Å². The quantitative estimate of drug-likeness (QED) is 0.316. The van der Waals surface area contributed by atoms with Gasteiger partial charge in [0.2, 0.25) is 5.91 Å². The van der Waals surface area contributed by atoms with Crippen molar-refractivity contribution in [1.29, 1.82) is 0 Å². The number of carbonyl (C=O) groups is 1. The van der Waals surface area contributed by atoms with Crippen LogP contribution in [0.3, 0.4) is 0 Å². The maximum Gasteiger partial charge on any atom is 0.226 e. The third kappa shape index (κ3) is 4.81. The van der Waals surface area contributed by atoms with E-state index >= 15 is 0 Å². The van der Waals surface area contributed by atoms with Crippen LogP contribution in [-0.2, 0) is 4.79 Å². The SMILES string of the molecule is Cc1ccccc1NC(=O)CCN1C(=S)N[C@@H](c2ccccn2)[C@@H]1c1cccn1-c1ccc(O)cc1. The third-order valence-electron chi connectivity index (χ3n) is 6.41. The fraction of sp³-hybridized carbons (Fsp3) is 0.179. The van der Waals surface area contributed by atoms with Crippen LogP contribution < -0.4 is 10.6 Å². The van der Waals surface area contributed by atoms with Crippen molar-refractivity contribution in [3.05, 3.63) is 108 Å². The Labute approximate surface area is 215 Å². The minimum Gasteiger partial charge on any atom is -0.508 e. The zero-order valence-electron chi connectivity index (χ0n) is 19.8. The average Bonchev–Trinajstić information content (AvgIpc) is 3.49. The van der Waals surface area contributed by atoms with Crippen molar-refractivity contribution in [3.63, 3.8) is 0 Å². The molecule has 2 aromatic heterocycles. The average molecular weight is 498 g/mol. The van der Waals surface area contributed by atoms with Crippen molar-refractivity contribution < 1.29 is 9.90 Å². The number of anilines is 1. The number of hydrogen-bond acceptors (Lipinski definition) is 4. The Kier molecular flexibility index (Phi) is 6.69. The molecule has 2 aromatic carbocycles. The maximum absolute atomic E-state index is 12.9. The monoisotopic (exact) mass is 497 g/mol. The third-order valence-corrected chi connectivity index (χ3v) is 6.76.